The number of benzene rings is 2. The van der Waals surface area contributed by atoms with Crippen LogP contribution in [0.1, 0.15) is 35.7 Å². The van der Waals surface area contributed by atoms with Crippen LogP contribution < -0.4 is 10.2 Å². The molecular weight excluding hydrogens is 393 g/mol. The van der Waals surface area contributed by atoms with Crippen molar-refractivity contribution >= 4 is 29.1 Å². The molecule has 2 aliphatic rings. The van der Waals surface area contributed by atoms with Crippen LogP contribution in [0.25, 0.3) is 0 Å². The first-order valence-electron chi connectivity index (χ1n) is 9.84. The van der Waals surface area contributed by atoms with Crippen molar-refractivity contribution in [2.75, 3.05) is 24.5 Å². The van der Waals surface area contributed by atoms with Gasteiger partial charge in [-0.15, -0.1) is 0 Å². The Hall–Kier alpha value is -2.60. The SMILES string of the molecule is CCN1c2ccc(F)cc2C(=O)NC12CCN(C(=O)Cc1ccccc1Cl)CC2. The largest absolute Gasteiger partial charge is 0.348 e. The van der Waals surface area contributed by atoms with Crippen LogP contribution in [-0.4, -0.2) is 42.0 Å². The highest BCUT2D eigenvalue weighted by Crippen LogP contribution is 2.37. The molecule has 2 aromatic rings. The van der Waals surface area contributed by atoms with Gasteiger partial charge >= 0.3 is 0 Å². The van der Waals surface area contributed by atoms with E-state index in [1.54, 1.807) is 12.1 Å². The molecular formula is C22H23ClFN3O2. The summed E-state index contributed by atoms with van der Waals surface area (Å²) in [6, 6.07) is 11.7. The highest BCUT2D eigenvalue weighted by atomic mass is 35.5. The Bertz CT molecular complexity index is 957. The number of nitrogens with one attached hydrogen (secondary N) is 1. The van der Waals surface area contributed by atoms with Crippen LogP contribution in [0.4, 0.5) is 10.1 Å². The van der Waals surface area contributed by atoms with Crippen molar-refractivity contribution in [1.29, 1.82) is 0 Å². The Labute approximate surface area is 174 Å². The fourth-order valence-electron chi connectivity index (χ4n) is 4.41. The number of carbonyl (C=O) groups excluding carboxylic acids is 2. The minimum absolute atomic E-state index is 0.0283. The number of likely N-dealkylation sites (tertiary alicyclic amines) is 1. The van der Waals surface area contributed by atoms with E-state index in [2.05, 4.69) is 10.2 Å². The third kappa shape index (κ3) is 3.57. The minimum Gasteiger partial charge on any atom is -0.348 e. The van der Waals surface area contributed by atoms with Gasteiger partial charge in [-0.25, -0.2) is 4.39 Å². The summed E-state index contributed by atoms with van der Waals surface area (Å²) < 4.78 is 13.6. The molecule has 152 valence electrons. The summed E-state index contributed by atoms with van der Waals surface area (Å²) in [7, 11) is 0. The van der Waals surface area contributed by atoms with Crippen molar-refractivity contribution < 1.29 is 14.0 Å². The number of halogens is 2. The van der Waals surface area contributed by atoms with Gasteiger partial charge in [0.2, 0.25) is 5.91 Å². The highest BCUT2D eigenvalue weighted by Gasteiger charge is 2.45. The molecule has 2 amide bonds. The third-order valence-electron chi connectivity index (χ3n) is 5.92. The van der Waals surface area contributed by atoms with E-state index in [1.807, 2.05) is 30.0 Å². The van der Waals surface area contributed by atoms with Crippen LogP contribution in [0, 0.1) is 5.82 Å². The predicted octanol–water partition coefficient (Wildman–Crippen LogP) is 3.61. The Kier molecular flexibility index (Phi) is 5.21. The zero-order valence-electron chi connectivity index (χ0n) is 16.3. The van der Waals surface area contributed by atoms with Crippen molar-refractivity contribution in [2.24, 2.45) is 0 Å². The van der Waals surface area contributed by atoms with E-state index in [4.69, 9.17) is 11.6 Å². The van der Waals surface area contributed by atoms with E-state index >= 15 is 0 Å². The fraction of sp³-hybridized carbons (Fsp3) is 0.364. The van der Waals surface area contributed by atoms with Crippen molar-refractivity contribution in [3.63, 3.8) is 0 Å². The van der Waals surface area contributed by atoms with Crippen LogP contribution in [-0.2, 0) is 11.2 Å². The molecule has 0 unspecified atom stereocenters. The molecule has 0 radical (unpaired) electrons. The van der Waals surface area contributed by atoms with Crippen LogP contribution in [0.3, 0.4) is 0 Å². The first-order valence-corrected chi connectivity index (χ1v) is 10.2. The van der Waals surface area contributed by atoms with Crippen molar-refractivity contribution in [1.82, 2.24) is 10.2 Å². The number of piperidine rings is 1. The molecule has 5 nitrogen and oxygen atoms in total. The summed E-state index contributed by atoms with van der Waals surface area (Å²) >= 11 is 6.19. The maximum Gasteiger partial charge on any atom is 0.255 e. The molecule has 0 bridgehead atoms. The lowest BCUT2D eigenvalue weighted by atomic mass is 9.89. The quantitative estimate of drug-likeness (QED) is 0.833. The second-order valence-electron chi connectivity index (χ2n) is 7.54. The lowest BCUT2D eigenvalue weighted by molar-refractivity contribution is -0.132. The third-order valence-corrected chi connectivity index (χ3v) is 6.28. The Morgan fingerprint density at radius 2 is 1.93 bits per heavy atom. The van der Waals surface area contributed by atoms with Crippen LogP contribution in [0.2, 0.25) is 5.02 Å². The molecule has 4 rings (SSSR count). The lowest BCUT2D eigenvalue weighted by Gasteiger charge is -2.52. The molecule has 2 aromatic carbocycles. The molecule has 1 spiro atoms. The van der Waals surface area contributed by atoms with Crippen LogP contribution in [0.5, 0.6) is 0 Å². The molecule has 2 aliphatic heterocycles. The summed E-state index contributed by atoms with van der Waals surface area (Å²) in [5.74, 6) is -0.661. The van der Waals surface area contributed by atoms with Crippen LogP contribution >= 0.6 is 11.6 Å². The van der Waals surface area contributed by atoms with Gasteiger partial charge in [-0.3, -0.25) is 9.59 Å². The van der Waals surface area contributed by atoms with E-state index in [-0.39, 0.29) is 18.2 Å². The number of amides is 2. The molecule has 2 heterocycles. The topological polar surface area (TPSA) is 52.7 Å². The summed E-state index contributed by atoms with van der Waals surface area (Å²) in [5, 5.41) is 3.69. The van der Waals surface area contributed by atoms with Crippen molar-refractivity contribution in [3.05, 3.63) is 64.4 Å². The second-order valence-corrected chi connectivity index (χ2v) is 7.95. The minimum atomic E-state index is -0.558. The number of anilines is 1. The summed E-state index contributed by atoms with van der Waals surface area (Å²) in [5.41, 5.74) is 1.36. The van der Waals surface area contributed by atoms with Crippen LogP contribution in [0.15, 0.2) is 42.5 Å². The molecule has 0 aliphatic carbocycles. The van der Waals surface area contributed by atoms with Gasteiger partial charge in [0.15, 0.2) is 0 Å². The first-order chi connectivity index (χ1) is 13.9. The summed E-state index contributed by atoms with van der Waals surface area (Å²) in [6.45, 7) is 3.76. The molecule has 0 atom stereocenters. The van der Waals surface area contributed by atoms with Gasteiger partial charge < -0.3 is 15.1 Å². The lowest BCUT2D eigenvalue weighted by Crippen LogP contribution is -2.68. The van der Waals surface area contributed by atoms with E-state index in [0.29, 0.717) is 43.1 Å². The average Bonchev–Trinajstić information content (AvgIpc) is 2.71. The zero-order chi connectivity index (χ0) is 20.6. The Morgan fingerprint density at radius 1 is 1.21 bits per heavy atom. The zero-order valence-corrected chi connectivity index (χ0v) is 17.0. The van der Waals surface area contributed by atoms with Gasteiger partial charge in [0.25, 0.3) is 5.91 Å². The molecule has 1 saturated heterocycles. The number of hydrogen-bond acceptors (Lipinski definition) is 3. The monoisotopic (exact) mass is 415 g/mol. The normalized spacial score (nSPS) is 17.8. The number of fused-ring (bicyclic) bond motifs is 1. The number of nitrogens with zero attached hydrogens (tertiary/aromatic N) is 2. The number of hydrogen-bond donors (Lipinski definition) is 1. The highest BCUT2D eigenvalue weighted by molar-refractivity contribution is 6.31. The van der Waals surface area contributed by atoms with E-state index in [9.17, 15) is 14.0 Å². The van der Waals surface area contributed by atoms with Gasteiger partial charge in [0.1, 0.15) is 11.5 Å². The van der Waals surface area contributed by atoms with Crippen molar-refractivity contribution in [3.8, 4) is 0 Å². The maximum atomic E-state index is 13.6. The number of rotatable bonds is 3. The van der Waals surface area contributed by atoms with Gasteiger partial charge in [0, 0.05) is 37.5 Å². The summed E-state index contributed by atoms with van der Waals surface area (Å²) in [6.07, 6.45) is 1.48. The van der Waals surface area contributed by atoms with Crippen molar-refractivity contribution in [2.45, 2.75) is 31.8 Å². The second kappa shape index (κ2) is 7.67. The molecule has 0 saturated carbocycles. The van der Waals surface area contributed by atoms with Gasteiger partial charge in [-0.1, -0.05) is 29.8 Å². The standard InChI is InChI=1S/C22H23ClFN3O2/c1-2-27-19-8-7-16(24)14-17(19)21(29)25-22(27)9-11-26(12-10-22)20(28)13-15-5-3-4-6-18(15)23/h3-8,14H,2,9-13H2,1H3,(H,25,29). The number of carbonyl (C=O) groups is 2. The van der Waals surface area contributed by atoms with Gasteiger partial charge in [0.05, 0.1) is 17.7 Å². The predicted molar refractivity (Wildman–Crippen MR) is 111 cm³/mol. The van der Waals surface area contributed by atoms with E-state index in [1.165, 1.54) is 12.1 Å². The van der Waals surface area contributed by atoms with E-state index in [0.717, 1.165) is 11.3 Å². The smallest absolute Gasteiger partial charge is 0.255 e. The first kappa shape index (κ1) is 19.7. The average molecular weight is 416 g/mol. The molecule has 29 heavy (non-hydrogen) atoms. The maximum absolute atomic E-state index is 13.6. The molecule has 1 fully saturated rings. The van der Waals surface area contributed by atoms with Gasteiger partial charge in [-0.2, -0.15) is 0 Å². The van der Waals surface area contributed by atoms with Gasteiger partial charge in [-0.05, 0) is 36.8 Å². The summed E-state index contributed by atoms with van der Waals surface area (Å²) in [4.78, 5) is 29.4. The molecule has 7 heteroatoms. The Balaban J connectivity index is 1.50. The van der Waals surface area contributed by atoms with E-state index < -0.39 is 11.5 Å². The molecule has 0 aromatic heterocycles. The fourth-order valence-corrected chi connectivity index (χ4v) is 4.62. The molecule has 1 N–H and O–H groups in total. The Morgan fingerprint density at radius 3 is 2.62 bits per heavy atom.